The number of hydrogen-bond acceptors (Lipinski definition) is 1. The Kier molecular flexibility index (Phi) is 5.96. The fourth-order valence-corrected chi connectivity index (χ4v) is 8.27. The van der Waals surface area contributed by atoms with E-state index in [4.69, 9.17) is 0 Å². The molecule has 1 heteroatoms. The number of hydrogen-bond donors (Lipinski definition) is 1. The zero-order chi connectivity index (χ0) is 31.9. The van der Waals surface area contributed by atoms with Crippen LogP contribution in [0.25, 0.3) is 55.3 Å². The van der Waals surface area contributed by atoms with Crippen LogP contribution in [0, 0.1) is 0 Å². The molecule has 0 fully saturated rings. The van der Waals surface area contributed by atoms with E-state index in [0.29, 0.717) is 0 Å². The third kappa shape index (κ3) is 4.23. The summed E-state index contributed by atoms with van der Waals surface area (Å²) >= 11 is 0. The quantitative estimate of drug-likeness (QED) is 0.211. The van der Waals surface area contributed by atoms with Gasteiger partial charge in [-0.3, -0.25) is 0 Å². The molecule has 0 atom stereocenters. The number of fused-ring (bicyclic) bond motifs is 8. The van der Waals surface area contributed by atoms with Gasteiger partial charge in [-0.15, -0.1) is 0 Å². The van der Waals surface area contributed by atoms with E-state index >= 15 is 0 Å². The van der Waals surface area contributed by atoms with Gasteiger partial charge in [0.05, 0.1) is 0 Å². The largest absolute Gasteiger partial charge is 0.355 e. The average Bonchev–Trinajstić information content (AvgIpc) is 3.47. The van der Waals surface area contributed by atoms with Crippen LogP contribution < -0.4 is 5.32 Å². The molecule has 9 rings (SSSR count). The Morgan fingerprint density at radius 3 is 1.66 bits per heavy atom. The van der Waals surface area contributed by atoms with Crippen molar-refractivity contribution in [2.24, 2.45) is 0 Å². The first-order valence-corrected chi connectivity index (χ1v) is 16.7. The lowest BCUT2D eigenvalue weighted by molar-refractivity contribution is 0.652. The maximum atomic E-state index is 3.81. The summed E-state index contributed by atoms with van der Waals surface area (Å²) in [6.45, 7) is 9.56. The van der Waals surface area contributed by atoms with Gasteiger partial charge in [-0.25, -0.2) is 0 Å². The van der Waals surface area contributed by atoms with Crippen molar-refractivity contribution < 1.29 is 0 Å². The Labute approximate surface area is 277 Å². The van der Waals surface area contributed by atoms with Crippen molar-refractivity contribution in [1.29, 1.82) is 0 Å². The van der Waals surface area contributed by atoms with Crippen LogP contribution in [-0.4, -0.2) is 0 Å². The summed E-state index contributed by atoms with van der Waals surface area (Å²) in [7, 11) is 0. The fraction of sp³-hybridized carbons (Fsp3) is 0.130. The molecule has 2 aliphatic carbocycles. The molecule has 226 valence electrons. The van der Waals surface area contributed by atoms with Crippen molar-refractivity contribution in [3.8, 4) is 44.5 Å². The molecular weight excluding hydrogens is 567 g/mol. The zero-order valence-electron chi connectivity index (χ0n) is 27.4. The first-order valence-electron chi connectivity index (χ1n) is 16.7. The van der Waals surface area contributed by atoms with Gasteiger partial charge in [0.1, 0.15) is 0 Å². The van der Waals surface area contributed by atoms with Gasteiger partial charge in [-0.2, -0.15) is 0 Å². The van der Waals surface area contributed by atoms with E-state index in [2.05, 4.69) is 179 Å². The predicted molar refractivity (Wildman–Crippen MR) is 200 cm³/mol. The van der Waals surface area contributed by atoms with Crippen LogP contribution in [0.5, 0.6) is 0 Å². The van der Waals surface area contributed by atoms with E-state index in [1.165, 1.54) is 77.5 Å². The Morgan fingerprint density at radius 2 is 0.957 bits per heavy atom. The summed E-state index contributed by atoms with van der Waals surface area (Å²) in [5, 5.41) is 6.47. The van der Waals surface area contributed by atoms with Crippen LogP contribution in [0.1, 0.15) is 49.9 Å². The molecule has 2 aliphatic rings. The number of rotatable bonds is 4. The molecule has 0 amide bonds. The van der Waals surface area contributed by atoms with Gasteiger partial charge < -0.3 is 5.32 Å². The van der Waals surface area contributed by atoms with Crippen molar-refractivity contribution in [2.75, 3.05) is 5.32 Å². The van der Waals surface area contributed by atoms with Gasteiger partial charge in [0.25, 0.3) is 0 Å². The molecule has 0 unspecified atom stereocenters. The monoisotopic (exact) mass is 603 g/mol. The Balaban J connectivity index is 1.14. The summed E-state index contributed by atoms with van der Waals surface area (Å²) in [6.07, 6.45) is 0. The molecule has 0 saturated heterocycles. The van der Waals surface area contributed by atoms with E-state index in [9.17, 15) is 0 Å². The zero-order valence-corrected chi connectivity index (χ0v) is 27.4. The summed E-state index contributed by atoms with van der Waals surface area (Å²) in [6, 6.07) is 53.6. The Morgan fingerprint density at radius 1 is 0.383 bits per heavy atom. The summed E-state index contributed by atoms with van der Waals surface area (Å²) in [5.41, 5.74) is 18.0. The smallest absolute Gasteiger partial charge is 0.0396 e. The van der Waals surface area contributed by atoms with Gasteiger partial charge >= 0.3 is 0 Å². The van der Waals surface area contributed by atoms with Crippen LogP contribution in [0.4, 0.5) is 11.4 Å². The second-order valence-corrected chi connectivity index (χ2v) is 14.3. The topological polar surface area (TPSA) is 12.0 Å². The van der Waals surface area contributed by atoms with E-state index in [1.54, 1.807) is 0 Å². The van der Waals surface area contributed by atoms with Crippen LogP contribution in [-0.2, 0) is 10.8 Å². The number of anilines is 2. The first-order chi connectivity index (χ1) is 22.8. The molecule has 1 nitrogen and oxygen atoms in total. The number of benzene rings is 7. The highest BCUT2D eigenvalue weighted by atomic mass is 14.9. The van der Waals surface area contributed by atoms with Gasteiger partial charge in [0.2, 0.25) is 0 Å². The lowest BCUT2D eigenvalue weighted by Gasteiger charge is -2.24. The highest BCUT2D eigenvalue weighted by Gasteiger charge is 2.42. The summed E-state index contributed by atoms with van der Waals surface area (Å²) < 4.78 is 0. The molecular formula is C46H37N. The third-order valence-electron chi connectivity index (χ3n) is 10.8. The molecule has 0 heterocycles. The maximum Gasteiger partial charge on any atom is 0.0396 e. The Bertz CT molecular complexity index is 2300. The fourth-order valence-electron chi connectivity index (χ4n) is 8.27. The second kappa shape index (κ2) is 10.0. The van der Waals surface area contributed by atoms with Gasteiger partial charge in [0, 0.05) is 22.2 Å². The molecule has 0 radical (unpaired) electrons. The van der Waals surface area contributed by atoms with Crippen molar-refractivity contribution >= 4 is 22.1 Å². The second-order valence-electron chi connectivity index (χ2n) is 14.3. The predicted octanol–water partition coefficient (Wildman–Crippen LogP) is 12.5. The third-order valence-corrected chi connectivity index (χ3v) is 10.8. The average molecular weight is 604 g/mol. The van der Waals surface area contributed by atoms with Gasteiger partial charge in [0.15, 0.2) is 0 Å². The molecule has 7 aromatic carbocycles. The minimum absolute atomic E-state index is 0.0572. The minimum Gasteiger partial charge on any atom is -0.355 e. The standard InChI is InChI=1S/C46H37N/c1-45(2)40-22-19-31-17-11-12-18-36(31)44(40)39-28-42-38(27-43(39)45)37-21-20-34(26-41(37)46(42,3)4)47-35-24-32(29-13-7-5-8-14-29)23-33(25-35)30-15-9-6-10-16-30/h5-28,47H,1-4H3. The number of nitrogens with one attached hydrogen (secondary N) is 1. The molecule has 47 heavy (non-hydrogen) atoms. The van der Waals surface area contributed by atoms with E-state index < -0.39 is 0 Å². The lowest BCUT2D eigenvalue weighted by atomic mass is 9.79. The minimum atomic E-state index is -0.129. The van der Waals surface area contributed by atoms with Gasteiger partial charge in [-0.05, 0) is 120 Å². The molecule has 0 aliphatic heterocycles. The summed E-state index contributed by atoms with van der Waals surface area (Å²) in [4.78, 5) is 0. The van der Waals surface area contributed by atoms with E-state index in [1.807, 2.05) is 0 Å². The highest BCUT2D eigenvalue weighted by molar-refractivity contribution is 6.03. The molecule has 1 N–H and O–H groups in total. The van der Waals surface area contributed by atoms with Gasteiger partial charge in [-0.1, -0.05) is 131 Å². The molecule has 0 saturated carbocycles. The van der Waals surface area contributed by atoms with Crippen LogP contribution in [0.15, 0.2) is 146 Å². The maximum absolute atomic E-state index is 3.81. The highest BCUT2D eigenvalue weighted by Crippen LogP contribution is 2.57. The Hall–Kier alpha value is -5.40. The van der Waals surface area contributed by atoms with E-state index in [0.717, 1.165) is 11.4 Å². The molecule has 0 bridgehead atoms. The normalized spacial score (nSPS) is 14.7. The molecule has 0 aromatic heterocycles. The van der Waals surface area contributed by atoms with Crippen molar-refractivity contribution in [3.63, 3.8) is 0 Å². The molecule has 0 spiro atoms. The lowest BCUT2D eigenvalue weighted by Crippen LogP contribution is -2.17. The van der Waals surface area contributed by atoms with Crippen LogP contribution in [0.2, 0.25) is 0 Å². The van der Waals surface area contributed by atoms with Crippen molar-refractivity contribution in [2.45, 2.75) is 38.5 Å². The summed E-state index contributed by atoms with van der Waals surface area (Å²) in [5.74, 6) is 0. The first kappa shape index (κ1) is 27.9. The van der Waals surface area contributed by atoms with E-state index in [-0.39, 0.29) is 10.8 Å². The SMILES string of the molecule is CC1(C)c2cc(Nc3cc(-c4ccccc4)cc(-c4ccccc4)c3)ccc2-c2cc3c(cc21)-c1c(ccc2ccccc12)C3(C)C. The van der Waals surface area contributed by atoms with Crippen LogP contribution >= 0.6 is 0 Å². The van der Waals surface area contributed by atoms with Crippen molar-refractivity contribution in [3.05, 3.63) is 168 Å². The van der Waals surface area contributed by atoms with Crippen LogP contribution in [0.3, 0.4) is 0 Å². The molecule has 7 aromatic rings. The van der Waals surface area contributed by atoms with Crippen molar-refractivity contribution in [1.82, 2.24) is 0 Å².